The zero-order valence-electron chi connectivity index (χ0n) is 8.24. The molecule has 1 rings (SSSR count). The van der Waals surface area contributed by atoms with Gasteiger partial charge in [-0.15, -0.1) is 11.8 Å². The zero-order chi connectivity index (χ0) is 9.84. The van der Waals surface area contributed by atoms with E-state index in [1.54, 1.807) is 11.8 Å². The molecule has 0 bridgehead atoms. The smallest absolute Gasteiger partial charge is 0.131 e. The molecule has 0 spiro atoms. The van der Waals surface area contributed by atoms with E-state index in [2.05, 4.69) is 30.7 Å². The van der Waals surface area contributed by atoms with Gasteiger partial charge in [0.25, 0.3) is 0 Å². The molecule has 1 heterocycles. The Morgan fingerprint density at radius 3 is 2.69 bits per heavy atom. The maximum absolute atomic E-state index is 5.79. The van der Waals surface area contributed by atoms with E-state index >= 15 is 0 Å². The van der Waals surface area contributed by atoms with Crippen molar-refractivity contribution in [3.05, 3.63) is 11.9 Å². The third-order valence-corrected chi connectivity index (χ3v) is 2.62. The largest absolute Gasteiger partial charge is 0.383 e. The number of nitrogens with two attached hydrogens (primary N) is 1. The number of nitrogens with zero attached hydrogens (tertiary/aromatic N) is 2. The van der Waals surface area contributed by atoms with Crippen LogP contribution in [0.3, 0.4) is 0 Å². The number of anilines is 1. The van der Waals surface area contributed by atoms with Crippen molar-refractivity contribution in [1.29, 1.82) is 0 Å². The average Bonchev–Trinajstić information content (AvgIpc) is 2.04. The predicted molar refractivity (Wildman–Crippen MR) is 56.9 cm³/mol. The quantitative estimate of drug-likeness (QED) is 0.596. The fourth-order valence-corrected chi connectivity index (χ4v) is 2.08. The molecule has 3 nitrogen and oxygen atoms in total. The summed E-state index contributed by atoms with van der Waals surface area (Å²) in [4.78, 5) is 8.22. The number of hydrogen-bond donors (Lipinski definition) is 1. The molecule has 0 saturated heterocycles. The first kappa shape index (κ1) is 10.3. The van der Waals surface area contributed by atoms with Crippen LogP contribution in [0.1, 0.15) is 32.3 Å². The van der Waals surface area contributed by atoms with Crippen LogP contribution in [0.15, 0.2) is 11.4 Å². The van der Waals surface area contributed by atoms with Gasteiger partial charge < -0.3 is 5.73 Å². The maximum atomic E-state index is 5.79. The lowest BCUT2D eigenvalue weighted by atomic mass is 10.1. The van der Waals surface area contributed by atoms with Gasteiger partial charge in [0.05, 0.1) is 0 Å². The first-order valence-electron chi connectivity index (χ1n) is 4.40. The molecule has 0 radical (unpaired) electrons. The highest BCUT2D eigenvalue weighted by atomic mass is 32.2. The predicted octanol–water partition coefficient (Wildman–Crippen LogP) is 2.29. The first-order valence-corrected chi connectivity index (χ1v) is 5.38. The number of thioether (sulfide) groups is 1. The molecule has 4 heteroatoms. The van der Waals surface area contributed by atoms with Crippen LogP contribution in [-0.4, -0.2) is 15.7 Å². The minimum Gasteiger partial charge on any atom is -0.383 e. The summed E-state index contributed by atoms with van der Waals surface area (Å²) < 4.78 is 0. The van der Waals surface area contributed by atoms with Gasteiger partial charge in [-0.05, 0) is 11.7 Å². The highest BCUT2D eigenvalue weighted by Gasteiger charge is 2.12. The van der Waals surface area contributed by atoms with Gasteiger partial charge >= 0.3 is 0 Å². The Morgan fingerprint density at radius 1 is 1.46 bits per heavy atom. The molecule has 0 aliphatic heterocycles. The average molecular weight is 197 g/mol. The lowest BCUT2D eigenvalue weighted by Crippen LogP contribution is -2.03. The van der Waals surface area contributed by atoms with E-state index in [-0.39, 0.29) is 0 Å². The van der Waals surface area contributed by atoms with E-state index in [4.69, 9.17) is 5.73 Å². The van der Waals surface area contributed by atoms with Crippen LogP contribution < -0.4 is 5.73 Å². The minimum atomic E-state index is 0.384. The summed E-state index contributed by atoms with van der Waals surface area (Å²) >= 11 is 1.71. The Bertz CT molecular complexity index is 286. The summed E-state index contributed by atoms with van der Waals surface area (Å²) in [5.74, 6) is 2.01. The number of nitrogen functional groups attached to an aromatic ring is 1. The molecule has 0 saturated carbocycles. The van der Waals surface area contributed by atoms with Crippen LogP contribution in [0.2, 0.25) is 0 Å². The summed E-state index contributed by atoms with van der Waals surface area (Å²) in [5, 5.41) is 1.02. The molecule has 1 aromatic heterocycles. The van der Waals surface area contributed by atoms with Crippen LogP contribution >= 0.6 is 11.8 Å². The van der Waals surface area contributed by atoms with Crippen molar-refractivity contribution < 1.29 is 0 Å². The van der Waals surface area contributed by atoms with Gasteiger partial charge in [-0.3, -0.25) is 0 Å². The van der Waals surface area contributed by atoms with Crippen LogP contribution in [0.4, 0.5) is 5.82 Å². The van der Waals surface area contributed by atoms with Crippen molar-refractivity contribution in [2.75, 3.05) is 11.5 Å². The Hall–Kier alpha value is -0.770. The van der Waals surface area contributed by atoms with E-state index < -0.39 is 0 Å². The Morgan fingerprint density at radius 2 is 2.15 bits per heavy atom. The van der Waals surface area contributed by atoms with Gasteiger partial charge in [0.1, 0.15) is 17.2 Å². The van der Waals surface area contributed by atoms with E-state index in [1.165, 1.54) is 6.33 Å². The fraction of sp³-hybridized carbons (Fsp3) is 0.556. The molecule has 72 valence electrons. The molecule has 0 aromatic carbocycles. The van der Waals surface area contributed by atoms with Crippen LogP contribution in [0.5, 0.6) is 0 Å². The molecule has 0 atom stereocenters. The van der Waals surface area contributed by atoms with Crippen LogP contribution in [0.25, 0.3) is 0 Å². The second kappa shape index (κ2) is 4.46. The summed E-state index contributed by atoms with van der Waals surface area (Å²) in [6.45, 7) is 6.32. The van der Waals surface area contributed by atoms with Crippen molar-refractivity contribution in [2.45, 2.75) is 31.7 Å². The van der Waals surface area contributed by atoms with Crippen molar-refractivity contribution in [3.8, 4) is 0 Å². The molecule has 13 heavy (non-hydrogen) atoms. The summed E-state index contributed by atoms with van der Waals surface area (Å²) in [6, 6.07) is 0. The Kier molecular flexibility index (Phi) is 3.54. The van der Waals surface area contributed by atoms with Gasteiger partial charge in [-0.1, -0.05) is 20.8 Å². The number of rotatable bonds is 3. The molecule has 0 fully saturated rings. The van der Waals surface area contributed by atoms with Gasteiger partial charge in [-0.25, -0.2) is 9.97 Å². The third kappa shape index (κ3) is 2.34. The highest BCUT2D eigenvalue weighted by molar-refractivity contribution is 7.99. The normalized spacial score (nSPS) is 10.8. The van der Waals surface area contributed by atoms with Crippen molar-refractivity contribution in [3.63, 3.8) is 0 Å². The first-order chi connectivity index (χ1) is 6.16. The Balaban J connectivity index is 3.10. The summed E-state index contributed by atoms with van der Waals surface area (Å²) in [6.07, 6.45) is 1.53. The van der Waals surface area contributed by atoms with E-state index in [9.17, 15) is 0 Å². The van der Waals surface area contributed by atoms with Gasteiger partial charge in [0, 0.05) is 5.56 Å². The molecular formula is C9H15N3S. The second-order valence-corrected chi connectivity index (χ2v) is 4.32. The maximum Gasteiger partial charge on any atom is 0.131 e. The SMILES string of the molecule is CCSc1ncnc(N)c1C(C)C. The van der Waals surface area contributed by atoms with Crippen molar-refractivity contribution in [2.24, 2.45) is 0 Å². The van der Waals surface area contributed by atoms with Gasteiger partial charge in [0.15, 0.2) is 0 Å². The fourth-order valence-electron chi connectivity index (χ4n) is 1.19. The molecule has 0 amide bonds. The Labute approximate surface area is 83.2 Å². The molecule has 1 aromatic rings. The molecule has 0 aliphatic carbocycles. The zero-order valence-corrected chi connectivity index (χ0v) is 9.06. The standard InChI is InChI=1S/C9H15N3S/c1-4-13-9-7(6(2)3)8(10)11-5-12-9/h5-6H,4H2,1-3H3,(H2,10,11,12). The minimum absolute atomic E-state index is 0.384. The van der Waals surface area contributed by atoms with Crippen molar-refractivity contribution >= 4 is 17.6 Å². The van der Waals surface area contributed by atoms with E-state index in [1.807, 2.05) is 0 Å². The van der Waals surface area contributed by atoms with Crippen LogP contribution in [0, 0.1) is 0 Å². The molecule has 2 N–H and O–H groups in total. The van der Waals surface area contributed by atoms with Gasteiger partial charge in [-0.2, -0.15) is 0 Å². The third-order valence-electron chi connectivity index (χ3n) is 1.74. The summed E-state index contributed by atoms with van der Waals surface area (Å²) in [7, 11) is 0. The van der Waals surface area contributed by atoms with Crippen molar-refractivity contribution in [1.82, 2.24) is 9.97 Å². The summed E-state index contributed by atoms with van der Waals surface area (Å²) in [5.41, 5.74) is 6.87. The lowest BCUT2D eigenvalue weighted by molar-refractivity contribution is 0.809. The van der Waals surface area contributed by atoms with E-state index in [0.717, 1.165) is 16.3 Å². The monoisotopic (exact) mass is 197 g/mol. The highest BCUT2D eigenvalue weighted by Crippen LogP contribution is 2.29. The van der Waals surface area contributed by atoms with Crippen LogP contribution in [-0.2, 0) is 0 Å². The topological polar surface area (TPSA) is 51.8 Å². The molecule has 0 aliphatic rings. The lowest BCUT2D eigenvalue weighted by Gasteiger charge is -2.11. The van der Waals surface area contributed by atoms with Gasteiger partial charge in [0.2, 0.25) is 0 Å². The van der Waals surface area contributed by atoms with E-state index in [0.29, 0.717) is 11.7 Å². The number of aromatic nitrogens is 2. The molecular weight excluding hydrogens is 182 g/mol. The second-order valence-electron chi connectivity index (χ2n) is 3.07. The number of hydrogen-bond acceptors (Lipinski definition) is 4. The molecule has 0 unspecified atom stereocenters.